The second-order valence-electron chi connectivity index (χ2n) is 5.67. The van der Waals surface area contributed by atoms with Crippen LogP contribution in [-0.2, 0) is 0 Å². The van der Waals surface area contributed by atoms with Crippen molar-refractivity contribution in [1.29, 1.82) is 0 Å². The summed E-state index contributed by atoms with van der Waals surface area (Å²) in [5.41, 5.74) is 6.17. The van der Waals surface area contributed by atoms with Gasteiger partial charge in [-0.25, -0.2) is 4.99 Å². The topological polar surface area (TPSA) is 41.6 Å². The van der Waals surface area contributed by atoms with E-state index in [2.05, 4.69) is 9.89 Å². The number of piperidine rings is 1. The first-order valence-electron chi connectivity index (χ1n) is 6.94. The van der Waals surface area contributed by atoms with Crippen molar-refractivity contribution in [3.05, 3.63) is 0 Å². The van der Waals surface area contributed by atoms with Crippen LogP contribution in [0.1, 0.15) is 51.4 Å². The molecule has 3 nitrogen and oxygen atoms in total. The second-order valence-corrected chi connectivity index (χ2v) is 5.67. The van der Waals surface area contributed by atoms with Gasteiger partial charge >= 0.3 is 0 Å². The van der Waals surface area contributed by atoms with Crippen LogP contribution in [0.4, 0.5) is 0 Å². The van der Waals surface area contributed by atoms with Gasteiger partial charge in [0, 0.05) is 12.6 Å². The van der Waals surface area contributed by atoms with E-state index in [1.165, 1.54) is 51.4 Å². The Labute approximate surface area is 98.1 Å². The Bertz CT molecular complexity index is 281. The zero-order chi connectivity index (χ0) is 11.0. The molecule has 3 fully saturated rings. The van der Waals surface area contributed by atoms with E-state index >= 15 is 0 Å². The Morgan fingerprint density at radius 2 is 1.75 bits per heavy atom. The van der Waals surface area contributed by atoms with Gasteiger partial charge in [-0.05, 0) is 44.4 Å². The van der Waals surface area contributed by atoms with Crippen LogP contribution < -0.4 is 5.73 Å². The first-order chi connectivity index (χ1) is 7.84. The summed E-state index contributed by atoms with van der Waals surface area (Å²) >= 11 is 0. The minimum Gasteiger partial charge on any atom is -0.370 e. The van der Waals surface area contributed by atoms with Crippen molar-refractivity contribution in [2.45, 2.75) is 63.5 Å². The molecular weight excluding hydrogens is 198 g/mol. The summed E-state index contributed by atoms with van der Waals surface area (Å²) in [7, 11) is 0. The third-order valence-corrected chi connectivity index (χ3v) is 4.40. The number of hydrogen-bond donors (Lipinski definition) is 1. The summed E-state index contributed by atoms with van der Waals surface area (Å²) in [6, 6.07) is 1.27. The molecule has 1 heterocycles. The predicted octanol–water partition coefficient (Wildman–Crippen LogP) is 2.12. The van der Waals surface area contributed by atoms with Gasteiger partial charge in [0.15, 0.2) is 5.96 Å². The fourth-order valence-electron chi connectivity index (χ4n) is 3.37. The van der Waals surface area contributed by atoms with Crippen molar-refractivity contribution < 1.29 is 0 Å². The fraction of sp³-hybridized carbons (Fsp3) is 0.923. The Morgan fingerprint density at radius 3 is 2.56 bits per heavy atom. The highest BCUT2D eigenvalue weighted by Crippen LogP contribution is 2.35. The van der Waals surface area contributed by atoms with Gasteiger partial charge in [0.25, 0.3) is 0 Å². The smallest absolute Gasteiger partial charge is 0.191 e. The van der Waals surface area contributed by atoms with Crippen LogP contribution in [0, 0.1) is 5.92 Å². The van der Waals surface area contributed by atoms with Gasteiger partial charge in [-0.15, -0.1) is 0 Å². The molecule has 0 aromatic carbocycles. The Balaban J connectivity index is 1.71. The van der Waals surface area contributed by atoms with Gasteiger partial charge in [-0.2, -0.15) is 0 Å². The summed E-state index contributed by atoms with van der Waals surface area (Å²) in [5.74, 6) is 1.74. The maximum Gasteiger partial charge on any atom is 0.191 e. The molecule has 2 atom stereocenters. The number of fused-ring (bicyclic) bond motifs is 1. The minimum absolute atomic E-state index is 0.559. The largest absolute Gasteiger partial charge is 0.370 e. The van der Waals surface area contributed by atoms with E-state index in [-0.39, 0.29) is 0 Å². The Hall–Kier alpha value is -0.730. The van der Waals surface area contributed by atoms with Crippen molar-refractivity contribution in [2.24, 2.45) is 16.6 Å². The molecule has 0 aromatic rings. The quantitative estimate of drug-likeness (QED) is 0.544. The SMILES string of the molecule is NC(=NC1CC1)N1CCC[C@H]2CCCC[C@H]21. The highest BCUT2D eigenvalue weighted by molar-refractivity contribution is 5.79. The molecular formula is C13H23N3. The number of rotatable bonds is 1. The Morgan fingerprint density at radius 1 is 1.00 bits per heavy atom. The molecule has 16 heavy (non-hydrogen) atoms. The molecule has 90 valence electrons. The molecule has 2 N–H and O–H groups in total. The van der Waals surface area contributed by atoms with Crippen molar-refractivity contribution in [3.8, 4) is 0 Å². The van der Waals surface area contributed by atoms with Crippen molar-refractivity contribution in [2.75, 3.05) is 6.54 Å². The van der Waals surface area contributed by atoms with Crippen LogP contribution >= 0.6 is 0 Å². The zero-order valence-electron chi connectivity index (χ0n) is 10.1. The summed E-state index contributed by atoms with van der Waals surface area (Å²) in [4.78, 5) is 7.05. The second kappa shape index (κ2) is 4.27. The van der Waals surface area contributed by atoms with E-state index in [1.807, 2.05) is 0 Å². The summed E-state index contributed by atoms with van der Waals surface area (Å²) in [6.07, 6.45) is 10.8. The highest BCUT2D eigenvalue weighted by atomic mass is 15.3. The van der Waals surface area contributed by atoms with Gasteiger partial charge < -0.3 is 10.6 Å². The van der Waals surface area contributed by atoms with E-state index < -0.39 is 0 Å². The third kappa shape index (κ3) is 2.04. The zero-order valence-corrected chi connectivity index (χ0v) is 10.1. The average Bonchev–Trinajstić information content (AvgIpc) is 3.12. The first kappa shape index (κ1) is 10.4. The molecule has 2 saturated carbocycles. The maximum atomic E-state index is 6.17. The lowest BCUT2D eigenvalue weighted by atomic mass is 9.78. The number of nitrogens with two attached hydrogens (primary N) is 1. The fourth-order valence-corrected chi connectivity index (χ4v) is 3.37. The van der Waals surface area contributed by atoms with Crippen molar-refractivity contribution in [3.63, 3.8) is 0 Å². The van der Waals surface area contributed by atoms with Gasteiger partial charge in [-0.1, -0.05) is 12.8 Å². The molecule has 0 unspecified atom stereocenters. The number of aliphatic imine (C=N–C) groups is 1. The lowest BCUT2D eigenvalue weighted by Crippen LogP contribution is -2.52. The van der Waals surface area contributed by atoms with E-state index in [0.29, 0.717) is 12.1 Å². The average molecular weight is 221 g/mol. The molecule has 0 spiro atoms. The molecule has 0 radical (unpaired) electrons. The number of hydrogen-bond acceptors (Lipinski definition) is 1. The van der Waals surface area contributed by atoms with Crippen molar-refractivity contribution >= 4 is 5.96 Å². The lowest BCUT2D eigenvalue weighted by Gasteiger charge is -2.44. The highest BCUT2D eigenvalue weighted by Gasteiger charge is 2.34. The van der Waals surface area contributed by atoms with Crippen LogP contribution in [0.3, 0.4) is 0 Å². The summed E-state index contributed by atoms with van der Waals surface area (Å²) in [5, 5.41) is 0. The van der Waals surface area contributed by atoms with Crippen LogP contribution in [-0.4, -0.2) is 29.5 Å². The molecule has 0 amide bonds. The van der Waals surface area contributed by atoms with E-state index in [1.54, 1.807) is 0 Å². The monoisotopic (exact) mass is 221 g/mol. The maximum absolute atomic E-state index is 6.17. The molecule has 2 aliphatic carbocycles. The number of guanidine groups is 1. The van der Waals surface area contributed by atoms with Gasteiger partial charge in [-0.3, -0.25) is 0 Å². The summed E-state index contributed by atoms with van der Waals surface area (Å²) < 4.78 is 0. The van der Waals surface area contributed by atoms with E-state index in [0.717, 1.165) is 18.4 Å². The normalized spacial score (nSPS) is 36.0. The van der Waals surface area contributed by atoms with Gasteiger partial charge in [0.1, 0.15) is 0 Å². The van der Waals surface area contributed by atoms with E-state index in [9.17, 15) is 0 Å². The molecule has 0 bridgehead atoms. The van der Waals surface area contributed by atoms with Gasteiger partial charge in [0.2, 0.25) is 0 Å². The standard InChI is InChI=1S/C13H23N3/c14-13(15-11-7-8-11)16-9-3-5-10-4-1-2-6-12(10)16/h10-12H,1-9H2,(H2,14,15)/t10-,12-/m1/s1. The Kier molecular flexibility index (Phi) is 2.78. The van der Waals surface area contributed by atoms with Crippen LogP contribution in [0.5, 0.6) is 0 Å². The van der Waals surface area contributed by atoms with Crippen LogP contribution in [0.15, 0.2) is 4.99 Å². The van der Waals surface area contributed by atoms with Gasteiger partial charge in [0.05, 0.1) is 6.04 Å². The van der Waals surface area contributed by atoms with Crippen LogP contribution in [0.25, 0.3) is 0 Å². The number of likely N-dealkylation sites (tertiary alicyclic amines) is 1. The lowest BCUT2D eigenvalue weighted by molar-refractivity contribution is 0.118. The molecule has 1 saturated heterocycles. The van der Waals surface area contributed by atoms with E-state index in [4.69, 9.17) is 5.73 Å². The van der Waals surface area contributed by atoms with Crippen molar-refractivity contribution in [1.82, 2.24) is 4.90 Å². The third-order valence-electron chi connectivity index (χ3n) is 4.40. The number of nitrogens with zero attached hydrogens (tertiary/aromatic N) is 2. The molecule has 1 aliphatic heterocycles. The predicted molar refractivity (Wildman–Crippen MR) is 66.3 cm³/mol. The summed E-state index contributed by atoms with van der Waals surface area (Å²) in [6.45, 7) is 1.14. The molecule has 3 rings (SSSR count). The molecule has 3 heteroatoms. The molecule has 0 aromatic heterocycles. The minimum atomic E-state index is 0.559. The first-order valence-corrected chi connectivity index (χ1v) is 6.94. The van der Waals surface area contributed by atoms with Crippen LogP contribution in [0.2, 0.25) is 0 Å². The molecule has 3 aliphatic rings.